The van der Waals surface area contributed by atoms with Crippen LogP contribution in [0, 0.1) is 5.92 Å². The van der Waals surface area contributed by atoms with Crippen molar-refractivity contribution in [2.24, 2.45) is 5.92 Å². The largest absolute Gasteiger partial charge is 0.440 e. The predicted molar refractivity (Wildman–Crippen MR) is 68.1 cm³/mol. The molecule has 2 rings (SSSR count). The fraction of sp³-hybridized carbons (Fsp3) is 0.643. The summed E-state index contributed by atoms with van der Waals surface area (Å²) < 4.78 is 42.4. The highest BCUT2D eigenvalue weighted by Gasteiger charge is 2.49. The molecule has 1 saturated carbocycles. The van der Waals surface area contributed by atoms with Crippen LogP contribution in [0.3, 0.4) is 0 Å². The van der Waals surface area contributed by atoms with Crippen molar-refractivity contribution in [2.45, 2.75) is 50.9 Å². The summed E-state index contributed by atoms with van der Waals surface area (Å²) in [4.78, 5) is 35.3. The van der Waals surface area contributed by atoms with E-state index in [1.807, 2.05) is 0 Å². The first-order chi connectivity index (χ1) is 10.2. The zero-order valence-corrected chi connectivity index (χ0v) is 11.8. The maximum atomic E-state index is 12.5. The first kappa shape index (κ1) is 16.5. The number of esters is 1. The van der Waals surface area contributed by atoms with Crippen molar-refractivity contribution in [3.8, 4) is 0 Å². The van der Waals surface area contributed by atoms with E-state index in [4.69, 9.17) is 4.74 Å². The first-order valence-electron chi connectivity index (χ1n) is 7.05. The highest BCUT2D eigenvalue weighted by atomic mass is 19.4. The topological polar surface area (TPSA) is 63.7 Å². The lowest BCUT2D eigenvalue weighted by Crippen LogP contribution is -2.58. The minimum Gasteiger partial charge on any atom is -0.440 e. The number of β-lactam (4-membered cyclic amide) rings is 1. The lowest BCUT2D eigenvalue weighted by molar-refractivity contribution is -0.191. The smallest absolute Gasteiger partial charge is 0.421 e. The molecule has 1 unspecified atom stereocenters. The Labute approximate surface area is 125 Å². The van der Waals surface area contributed by atoms with Gasteiger partial charge in [-0.05, 0) is 12.8 Å². The Morgan fingerprint density at radius 3 is 2.27 bits per heavy atom. The molecule has 2 aliphatic rings. The van der Waals surface area contributed by atoms with E-state index < -0.39 is 35.8 Å². The fourth-order valence-electron chi connectivity index (χ4n) is 2.56. The van der Waals surface area contributed by atoms with Crippen LogP contribution < -0.4 is 0 Å². The van der Waals surface area contributed by atoms with Crippen LogP contribution in [-0.4, -0.2) is 35.1 Å². The van der Waals surface area contributed by atoms with E-state index in [-0.39, 0.29) is 12.3 Å². The van der Waals surface area contributed by atoms with Crippen LogP contribution >= 0.6 is 0 Å². The first-order valence-corrected chi connectivity index (χ1v) is 7.05. The number of rotatable bonds is 3. The molecule has 0 N–H and O–H groups in total. The molecule has 122 valence electrons. The molecule has 5 nitrogen and oxygen atoms in total. The van der Waals surface area contributed by atoms with Gasteiger partial charge in [0.25, 0.3) is 5.91 Å². The van der Waals surface area contributed by atoms with E-state index in [0.717, 1.165) is 19.3 Å². The van der Waals surface area contributed by atoms with Gasteiger partial charge in [0.1, 0.15) is 5.57 Å². The summed E-state index contributed by atoms with van der Waals surface area (Å²) in [7, 11) is 0. The molecule has 1 atom stereocenters. The Morgan fingerprint density at radius 2 is 1.77 bits per heavy atom. The van der Waals surface area contributed by atoms with Crippen LogP contribution in [0.2, 0.25) is 0 Å². The van der Waals surface area contributed by atoms with Crippen molar-refractivity contribution in [3.05, 3.63) is 12.2 Å². The molecule has 0 aromatic heterocycles. The summed E-state index contributed by atoms with van der Waals surface area (Å²) in [6, 6.07) is 0. The SMILES string of the molecule is C=C(C(=O)N1C(=O)CC1OC(=O)C1CCCCC1)C(F)(F)F. The molecule has 2 fully saturated rings. The van der Waals surface area contributed by atoms with Crippen LogP contribution in [0.4, 0.5) is 13.2 Å². The van der Waals surface area contributed by atoms with E-state index in [2.05, 4.69) is 6.58 Å². The quantitative estimate of drug-likeness (QED) is 0.455. The molecule has 1 saturated heterocycles. The average Bonchev–Trinajstić information content (AvgIpc) is 2.45. The lowest BCUT2D eigenvalue weighted by atomic mass is 9.89. The molecule has 1 aliphatic heterocycles. The second-order valence-electron chi connectivity index (χ2n) is 5.48. The second kappa shape index (κ2) is 6.10. The third-order valence-corrected chi connectivity index (χ3v) is 3.92. The van der Waals surface area contributed by atoms with Gasteiger partial charge in [0.05, 0.1) is 12.3 Å². The Kier molecular flexibility index (Phi) is 4.58. The molecule has 1 heterocycles. The maximum Gasteiger partial charge on any atom is 0.421 e. The summed E-state index contributed by atoms with van der Waals surface area (Å²) in [5.41, 5.74) is -1.65. The third-order valence-electron chi connectivity index (χ3n) is 3.92. The van der Waals surface area contributed by atoms with E-state index in [1.54, 1.807) is 0 Å². The molecule has 2 amide bonds. The van der Waals surface area contributed by atoms with Crippen molar-refractivity contribution in [1.82, 2.24) is 4.90 Å². The Morgan fingerprint density at radius 1 is 1.18 bits per heavy atom. The van der Waals surface area contributed by atoms with Crippen LogP contribution in [0.5, 0.6) is 0 Å². The Bertz CT molecular complexity index is 509. The number of likely N-dealkylation sites (tertiary alicyclic amines) is 1. The van der Waals surface area contributed by atoms with E-state index in [1.165, 1.54) is 0 Å². The number of hydrogen-bond acceptors (Lipinski definition) is 4. The van der Waals surface area contributed by atoms with Crippen LogP contribution in [-0.2, 0) is 19.1 Å². The minimum atomic E-state index is -4.93. The number of hydrogen-bond donors (Lipinski definition) is 0. The number of imide groups is 1. The Balaban J connectivity index is 1.97. The summed E-state index contributed by atoms with van der Waals surface area (Å²) in [6.45, 7) is 2.66. The van der Waals surface area contributed by atoms with E-state index in [0.29, 0.717) is 17.7 Å². The summed E-state index contributed by atoms with van der Waals surface area (Å²) >= 11 is 0. The van der Waals surface area contributed by atoms with Crippen molar-refractivity contribution in [3.63, 3.8) is 0 Å². The van der Waals surface area contributed by atoms with Gasteiger partial charge in [0.2, 0.25) is 5.91 Å². The standard InChI is InChI=1S/C14H16F3NO4/c1-8(14(15,16)17)12(20)18-10(19)7-11(18)22-13(21)9-5-3-2-4-6-9/h9,11H,1-7H2. The normalized spacial score (nSPS) is 23.0. The molecule has 8 heteroatoms. The molecular weight excluding hydrogens is 303 g/mol. The van der Waals surface area contributed by atoms with Crippen molar-refractivity contribution in [1.29, 1.82) is 0 Å². The molecule has 0 bridgehead atoms. The fourth-order valence-corrected chi connectivity index (χ4v) is 2.56. The number of amides is 2. The van der Waals surface area contributed by atoms with Crippen molar-refractivity contribution < 1.29 is 32.3 Å². The average molecular weight is 319 g/mol. The molecule has 0 radical (unpaired) electrons. The van der Waals surface area contributed by atoms with Crippen LogP contribution in [0.25, 0.3) is 0 Å². The molecule has 1 aliphatic carbocycles. The number of carbonyl (C=O) groups excluding carboxylic acids is 3. The van der Waals surface area contributed by atoms with Gasteiger partial charge in [-0.25, -0.2) is 4.90 Å². The monoisotopic (exact) mass is 319 g/mol. The molecule has 22 heavy (non-hydrogen) atoms. The number of carbonyl (C=O) groups is 3. The summed E-state index contributed by atoms with van der Waals surface area (Å²) in [5, 5.41) is 0. The maximum absolute atomic E-state index is 12.5. The van der Waals surface area contributed by atoms with Gasteiger partial charge in [0, 0.05) is 0 Å². The molecule has 0 spiro atoms. The number of alkyl halides is 3. The molecule has 0 aromatic carbocycles. The van der Waals surface area contributed by atoms with Crippen LogP contribution in [0.15, 0.2) is 12.2 Å². The van der Waals surface area contributed by atoms with Gasteiger partial charge < -0.3 is 4.74 Å². The predicted octanol–water partition coefficient (Wildman–Crippen LogP) is 2.31. The van der Waals surface area contributed by atoms with Gasteiger partial charge in [-0.2, -0.15) is 13.2 Å². The van der Waals surface area contributed by atoms with Gasteiger partial charge in [-0.15, -0.1) is 0 Å². The van der Waals surface area contributed by atoms with Gasteiger partial charge in [-0.1, -0.05) is 25.8 Å². The summed E-state index contributed by atoms with van der Waals surface area (Å²) in [6.07, 6.45) is -2.35. The number of halogens is 3. The Hall–Kier alpha value is -1.86. The number of ether oxygens (including phenoxy) is 1. The number of nitrogens with zero attached hydrogens (tertiary/aromatic N) is 1. The highest BCUT2D eigenvalue weighted by molar-refractivity contribution is 6.08. The van der Waals surface area contributed by atoms with Gasteiger partial charge in [-0.3, -0.25) is 14.4 Å². The molecular formula is C14H16F3NO4. The summed E-state index contributed by atoms with van der Waals surface area (Å²) in [5.74, 6) is -3.25. The minimum absolute atomic E-state index is 0.282. The van der Waals surface area contributed by atoms with Gasteiger partial charge in [0.15, 0.2) is 6.23 Å². The third kappa shape index (κ3) is 3.31. The molecule has 0 aromatic rings. The van der Waals surface area contributed by atoms with E-state index >= 15 is 0 Å². The van der Waals surface area contributed by atoms with Gasteiger partial charge >= 0.3 is 12.1 Å². The van der Waals surface area contributed by atoms with E-state index in [9.17, 15) is 27.6 Å². The zero-order valence-electron chi connectivity index (χ0n) is 11.8. The van der Waals surface area contributed by atoms with Crippen molar-refractivity contribution in [2.75, 3.05) is 0 Å². The highest BCUT2D eigenvalue weighted by Crippen LogP contribution is 2.32. The zero-order chi connectivity index (χ0) is 16.5. The van der Waals surface area contributed by atoms with Crippen LogP contribution in [0.1, 0.15) is 38.5 Å². The second-order valence-corrected chi connectivity index (χ2v) is 5.48. The van der Waals surface area contributed by atoms with Crippen molar-refractivity contribution >= 4 is 17.8 Å². The lowest BCUT2D eigenvalue weighted by Gasteiger charge is -2.38.